The molecule has 2 aliphatic rings. The average Bonchev–Trinajstić information content (AvgIpc) is 3.44. The first-order valence-electron chi connectivity index (χ1n) is 15.0. The van der Waals surface area contributed by atoms with E-state index in [4.69, 9.17) is 4.52 Å². The fourth-order valence-electron chi connectivity index (χ4n) is 5.08. The Balaban J connectivity index is 1.30. The van der Waals surface area contributed by atoms with Gasteiger partial charge < -0.3 is 30.7 Å². The molecule has 0 radical (unpaired) electrons. The van der Waals surface area contributed by atoms with Gasteiger partial charge in [0, 0.05) is 43.1 Å². The second-order valence-corrected chi connectivity index (χ2v) is 13.9. The van der Waals surface area contributed by atoms with Gasteiger partial charge in [-0.3, -0.25) is 14.2 Å². The van der Waals surface area contributed by atoms with Crippen LogP contribution in [0.5, 0.6) is 0 Å². The summed E-state index contributed by atoms with van der Waals surface area (Å²) in [4.78, 5) is 45.0. The number of hydrogen-bond acceptors (Lipinski definition) is 6. The first kappa shape index (κ1) is 33.9. The SMILES string of the molecule is CCOP(=O)(O)CCCCCCCCCC(=O)NCCCCCNC(=O)CCCC[C@@H]1SC[C@@H]2NC(=O)N[C@@H]21. The van der Waals surface area contributed by atoms with Gasteiger partial charge in [-0.2, -0.15) is 11.8 Å². The van der Waals surface area contributed by atoms with Gasteiger partial charge >= 0.3 is 13.6 Å². The van der Waals surface area contributed by atoms with Crippen LogP contribution in [0.25, 0.3) is 0 Å². The number of urea groups is 1. The summed E-state index contributed by atoms with van der Waals surface area (Å²) in [7, 11) is -3.37. The lowest BCUT2D eigenvalue weighted by atomic mass is 10.0. The fraction of sp³-hybridized carbons (Fsp3) is 0.889. The molecule has 5 N–H and O–H groups in total. The van der Waals surface area contributed by atoms with E-state index in [1.54, 1.807) is 6.92 Å². The first-order chi connectivity index (χ1) is 18.8. The van der Waals surface area contributed by atoms with Crippen molar-refractivity contribution in [3.8, 4) is 0 Å². The number of carbonyl (C=O) groups is 3. The van der Waals surface area contributed by atoms with Crippen molar-refractivity contribution in [2.45, 2.75) is 121 Å². The molecule has 226 valence electrons. The van der Waals surface area contributed by atoms with Crippen molar-refractivity contribution in [1.82, 2.24) is 21.3 Å². The molecule has 4 atom stereocenters. The van der Waals surface area contributed by atoms with Crippen LogP contribution in [-0.2, 0) is 18.7 Å². The van der Waals surface area contributed by atoms with Crippen molar-refractivity contribution in [3.63, 3.8) is 0 Å². The smallest absolute Gasteiger partial charge is 0.328 e. The summed E-state index contributed by atoms with van der Waals surface area (Å²) in [6.45, 7) is 3.35. The van der Waals surface area contributed by atoms with Gasteiger partial charge in [-0.25, -0.2) is 4.79 Å². The van der Waals surface area contributed by atoms with E-state index >= 15 is 0 Å². The Morgan fingerprint density at radius 3 is 2.10 bits per heavy atom. The highest BCUT2D eigenvalue weighted by molar-refractivity contribution is 8.00. The fourth-order valence-corrected chi connectivity index (χ4v) is 7.78. The average molecular weight is 591 g/mol. The molecule has 2 heterocycles. The molecular formula is C27H51N4O6PS. The largest absolute Gasteiger partial charge is 0.356 e. The van der Waals surface area contributed by atoms with Gasteiger partial charge in [0.1, 0.15) is 0 Å². The minimum Gasteiger partial charge on any atom is -0.356 e. The second-order valence-electron chi connectivity index (χ2n) is 10.6. The Morgan fingerprint density at radius 2 is 1.46 bits per heavy atom. The molecule has 0 spiro atoms. The zero-order valence-corrected chi connectivity index (χ0v) is 25.4. The molecule has 12 heteroatoms. The normalized spacial score (nSPS) is 21.6. The highest BCUT2D eigenvalue weighted by Gasteiger charge is 2.42. The van der Waals surface area contributed by atoms with Gasteiger partial charge in [-0.05, 0) is 51.9 Å². The molecule has 4 amide bonds. The number of fused-ring (bicyclic) bond motifs is 1. The third-order valence-corrected chi connectivity index (χ3v) is 10.3. The van der Waals surface area contributed by atoms with E-state index in [-0.39, 0.29) is 42.7 Å². The highest BCUT2D eigenvalue weighted by Crippen LogP contribution is 2.42. The Kier molecular flexibility index (Phi) is 17.2. The van der Waals surface area contributed by atoms with E-state index in [9.17, 15) is 23.8 Å². The number of hydrogen-bond donors (Lipinski definition) is 5. The van der Waals surface area contributed by atoms with E-state index in [0.29, 0.717) is 37.6 Å². The van der Waals surface area contributed by atoms with E-state index < -0.39 is 7.60 Å². The topological polar surface area (TPSA) is 146 Å². The quantitative estimate of drug-likeness (QED) is 0.0671. The third-order valence-electron chi connectivity index (χ3n) is 7.25. The number of unbranched alkanes of at least 4 members (excludes halogenated alkanes) is 9. The van der Waals surface area contributed by atoms with Crippen LogP contribution >= 0.6 is 19.4 Å². The van der Waals surface area contributed by atoms with Gasteiger partial charge in [0.05, 0.1) is 18.7 Å². The Morgan fingerprint density at radius 1 is 0.897 bits per heavy atom. The van der Waals surface area contributed by atoms with E-state index in [2.05, 4.69) is 21.3 Å². The van der Waals surface area contributed by atoms with Crippen LogP contribution in [0.4, 0.5) is 4.79 Å². The van der Waals surface area contributed by atoms with Crippen LogP contribution < -0.4 is 21.3 Å². The number of amides is 4. The minimum absolute atomic E-state index is 0.0541. The lowest BCUT2D eigenvalue weighted by Crippen LogP contribution is -2.36. The predicted octanol–water partition coefficient (Wildman–Crippen LogP) is 4.46. The van der Waals surface area contributed by atoms with Crippen LogP contribution in [0.1, 0.15) is 103 Å². The maximum absolute atomic E-state index is 12.0. The van der Waals surface area contributed by atoms with Crippen molar-refractivity contribution in [2.24, 2.45) is 0 Å². The summed E-state index contributed by atoms with van der Waals surface area (Å²) in [6, 6.07) is 0.435. The molecule has 2 saturated heterocycles. The lowest BCUT2D eigenvalue weighted by molar-refractivity contribution is -0.121. The molecule has 39 heavy (non-hydrogen) atoms. The van der Waals surface area contributed by atoms with E-state index in [1.165, 1.54) is 0 Å². The van der Waals surface area contributed by atoms with Gasteiger partial charge in [-0.15, -0.1) is 0 Å². The monoisotopic (exact) mass is 590 g/mol. The summed E-state index contributed by atoms with van der Waals surface area (Å²) in [6.07, 6.45) is 13.8. The Bertz CT molecular complexity index is 789. The number of thioether (sulfide) groups is 1. The molecule has 1 unspecified atom stereocenters. The molecular weight excluding hydrogens is 539 g/mol. The van der Waals surface area contributed by atoms with Crippen molar-refractivity contribution < 1.29 is 28.4 Å². The third kappa shape index (κ3) is 15.3. The van der Waals surface area contributed by atoms with Crippen LogP contribution in [0, 0.1) is 0 Å². The summed E-state index contributed by atoms with van der Waals surface area (Å²) < 4.78 is 16.4. The Labute approximate surface area is 238 Å². The maximum Gasteiger partial charge on any atom is 0.328 e. The first-order valence-corrected chi connectivity index (χ1v) is 17.8. The molecule has 0 aromatic carbocycles. The second kappa shape index (κ2) is 19.7. The minimum atomic E-state index is -3.37. The standard InChI is InChI=1S/C27H51N4O6PS/c1-2-37-38(35,36)20-14-7-5-3-4-6-9-16-24(32)28-18-12-8-13-19-29-25(33)17-11-10-15-23-26-22(21-39-23)30-27(34)31-26/h22-23,26H,2-21H2,1H3,(H,28,32)(H,29,33)(H,35,36)(H2,30,31,34)/t22-,23-,26-/m0/s1. The molecule has 2 rings (SSSR count). The summed E-state index contributed by atoms with van der Waals surface area (Å²) in [5.74, 6) is 1.18. The Hall–Kier alpha value is -1.29. The molecule has 0 saturated carbocycles. The van der Waals surface area contributed by atoms with Crippen LogP contribution in [-0.4, -0.2) is 71.7 Å². The molecule has 0 bridgehead atoms. The molecule has 2 fully saturated rings. The van der Waals surface area contributed by atoms with E-state index in [0.717, 1.165) is 82.8 Å². The summed E-state index contributed by atoms with van der Waals surface area (Å²) in [5, 5.41) is 12.4. The summed E-state index contributed by atoms with van der Waals surface area (Å²) in [5.41, 5.74) is 0. The molecule has 10 nitrogen and oxygen atoms in total. The van der Waals surface area contributed by atoms with Crippen molar-refractivity contribution >= 4 is 37.2 Å². The van der Waals surface area contributed by atoms with Gasteiger partial charge in [-0.1, -0.05) is 38.5 Å². The highest BCUT2D eigenvalue weighted by atomic mass is 32.2. The predicted molar refractivity (Wildman–Crippen MR) is 157 cm³/mol. The zero-order valence-electron chi connectivity index (χ0n) is 23.7. The van der Waals surface area contributed by atoms with E-state index in [1.807, 2.05) is 11.8 Å². The lowest BCUT2D eigenvalue weighted by Gasteiger charge is -2.16. The molecule has 0 aromatic rings. The van der Waals surface area contributed by atoms with Crippen molar-refractivity contribution in [1.29, 1.82) is 0 Å². The van der Waals surface area contributed by atoms with Gasteiger partial charge in [0.25, 0.3) is 0 Å². The molecule has 2 aliphatic heterocycles. The molecule has 0 aromatic heterocycles. The number of carbonyl (C=O) groups excluding carboxylic acids is 3. The number of rotatable bonds is 23. The van der Waals surface area contributed by atoms with Crippen molar-refractivity contribution in [3.05, 3.63) is 0 Å². The van der Waals surface area contributed by atoms with Crippen LogP contribution in [0.2, 0.25) is 0 Å². The van der Waals surface area contributed by atoms with Crippen LogP contribution in [0.3, 0.4) is 0 Å². The summed E-state index contributed by atoms with van der Waals surface area (Å²) >= 11 is 1.91. The van der Waals surface area contributed by atoms with Crippen LogP contribution in [0.15, 0.2) is 0 Å². The zero-order chi connectivity index (χ0) is 28.3. The number of nitrogens with one attached hydrogen (secondary N) is 4. The van der Waals surface area contributed by atoms with Crippen molar-refractivity contribution in [2.75, 3.05) is 31.6 Å². The maximum atomic E-state index is 12.0. The molecule has 0 aliphatic carbocycles. The van der Waals surface area contributed by atoms with Gasteiger partial charge in [0.2, 0.25) is 11.8 Å². The van der Waals surface area contributed by atoms with Gasteiger partial charge in [0.15, 0.2) is 0 Å².